The second-order valence-electron chi connectivity index (χ2n) is 6.38. The van der Waals surface area contributed by atoms with Gasteiger partial charge in [-0.3, -0.25) is 4.79 Å². The predicted molar refractivity (Wildman–Crippen MR) is 97.2 cm³/mol. The molecule has 24 heavy (non-hydrogen) atoms. The molecule has 1 rings (SSSR count). The SMILES string of the molecule is CC=C(C)C.CCCC(CC)(C(N)=O)c1ccc(C(C)(F)F)cc1. The number of allylic oxidation sites excluding steroid dienone is 2. The molecule has 2 N–H and O–H groups in total. The summed E-state index contributed by atoms with van der Waals surface area (Å²) < 4.78 is 26.4. The highest BCUT2D eigenvalue weighted by atomic mass is 19.3. The van der Waals surface area contributed by atoms with Crippen LogP contribution in [0.1, 0.15) is 71.9 Å². The van der Waals surface area contributed by atoms with Crippen molar-refractivity contribution in [3.8, 4) is 0 Å². The first kappa shape index (κ1) is 22.3. The summed E-state index contributed by atoms with van der Waals surface area (Å²) in [4.78, 5) is 11.8. The Hall–Kier alpha value is -1.71. The molecule has 0 heterocycles. The molecule has 0 aromatic heterocycles. The van der Waals surface area contributed by atoms with E-state index in [2.05, 4.69) is 19.9 Å². The quantitative estimate of drug-likeness (QED) is 0.663. The van der Waals surface area contributed by atoms with Gasteiger partial charge in [-0.2, -0.15) is 0 Å². The number of alkyl halides is 2. The molecule has 0 aliphatic carbocycles. The fourth-order valence-electron chi connectivity index (χ4n) is 2.47. The van der Waals surface area contributed by atoms with Gasteiger partial charge in [-0.15, -0.1) is 0 Å². The maximum absolute atomic E-state index is 13.2. The molecule has 0 saturated carbocycles. The van der Waals surface area contributed by atoms with Crippen LogP contribution in [0.15, 0.2) is 35.9 Å². The van der Waals surface area contributed by atoms with Gasteiger partial charge in [0.1, 0.15) is 0 Å². The number of primary amides is 1. The van der Waals surface area contributed by atoms with Gasteiger partial charge in [0.25, 0.3) is 5.92 Å². The zero-order valence-electron chi connectivity index (χ0n) is 15.7. The van der Waals surface area contributed by atoms with Gasteiger partial charge in [-0.25, -0.2) is 8.78 Å². The summed E-state index contributed by atoms with van der Waals surface area (Å²) in [5.41, 5.74) is 6.83. The van der Waals surface area contributed by atoms with Crippen molar-refractivity contribution in [2.45, 2.75) is 72.1 Å². The number of carbonyl (C=O) groups excluding carboxylic acids is 1. The van der Waals surface area contributed by atoms with E-state index in [-0.39, 0.29) is 5.56 Å². The lowest BCUT2D eigenvalue weighted by molar-refractivity contribution is -0.124. The van der Waals surface area contributed by atoms with Crippen molar-refractivity contribution in [2.24, 2.45) is 5.73 Å². The Balaban J connectivity index is 0.000000922. The number of amides is 1. The highest BCUT2D eigenvalue weighted by molar-refractivity contribution is 5.86. The lowest BCUT2D eigenvalue weighted by Gasteiger charge is -2.30. The summed E-state index contributed by atoms with van der Waals surface area (Å²) in [6.07, 6.45) is 4.08. The van der Waals surface area contributed by atoms with Gasteiger partial charge in [-0.05, 0) is 39.2 Å². The van der Waals surface area contributed by atoms with Crippen molar-refractivity contribution in [3.63, 3.8) is 0 Å². The van der Waals surface area contributed by atoms with Crippen molar-refractivity contribution in [1.29, 1.82) is 0 Å². The van der Waals surface area contributed by atoms with Gasteiger partial charge in [0.2, 0.25) is 5.91 Å². The monoisotopic (exact) mass is 339 g/mol. The standard InChI is InChI=1S/C15H21F2NO.C5H10/c1-4-10-15(5-2,13(18)19)12-8-6-11(7-9-12)14(3,16)17;1-4-5(2)3/h6-9H,4-5,10H2,1-3H3,(H2,18,19);4H,1-3H3. The van der Waals surface area contributed by atoms with Gasteiger partial charge >= 0.3 is 0 Å². The van der Waals surface area contributed by atoms with E-state index in [1.165, 1.54) is 17.7 Å². The normalized spacial score (nSPS) is 13.3. The molecular weight excluding hydrogens is 308 g/mol. The predicted octanol–water partition coefficient (Wildman–Crippen LogP) is 5.70. The third kappa shape index (κ3) is 6.06. The van der Waals surface area contributed by atoms with Crippen molar-refractivity contribution < 1.29 is 13.6 Å². The minimum absolute atomic E-state index is 0.0535. The molecule has 1 amide bonds. The Kier molecular flexibility index (Phi) is 8.87. The molecule has 0 aliphatic rings. The third-order valence-corrected chi connectivity index (χ3v) is 4.27. The second kappa shape index (κ2) is 9.55. The molecular formula is C20H31F2NO. The van der Waals surface area contributed by atoms with Gasteiger partial charge in [-0.1, -0.05) is 56.2 Å². The fraction of sp³-hybridized carbons (Fsp3) is 0.550. The Morgan fingerprint density at radius 3 is 1.79 bits per heavy atom. The number of hydrogen-bond acceptors (Lipinski definition) is 1. The summed E-state index contributed by atoms with van der Waals surface area (Å²) >= 11 is 0. The van der Waals surface area contributed by atoms with Crippen molar-refractivity contribution in [1.82, 2.24) is 0 Å². The first-order chi connectivity index (χ1) is 11.0. The molecule has 0 bridgehead atoms. The zero-order valence-corrected chi connectivity index (χ0v) is 15.7. The number of carbonyl (C=O) groups is 1. The number of rotatable bonds is 6. The van der Waals surface area contributed by atoms with E-state index < -0.39 is 17.2 Å². The molecule has 1 atom stereocenters. The van der Waals surface area contributed by atoms with Crippen LogP contribution in [0.2, 0.25) is 0 Å². The molecule has 2 nitrogen and oxygen atoms in total. The zero-order chi connectivity index (χ0) is 19.0. The smallest absolute Gasteiger partial charge is 0.270 e. The molecule has 0 saturated heterocycles. The van der Waals surface area contributed by atoms with Crippen LogP contribution in [0.25, 0.3) is 0 Å². The van der Waals surface area contributed by atoms with Crippen LogP contribution in [0, 0.1) is 0 Å². The summed E-state index contributed by atoms with van der Waals surface area (Å²) in [5.74, 6) is -3.27. The maximum atomic E-state index is 13.2. The molecule has 0 radical (unpaired) electrons. The van der Waals surface area contributed by atoms with Crippen LogP contribution in [-0.4, -0.2) is 5.91 Å². The Labute approximate surface area is 145 Å². The topological polar surface area (TPSA) is 43.1 Å². The van der Waals surface area contributed by atoms with Gasteiger partial charge in [0.15, 0.2) is 0 Å². The third-order valence-electron chi connectivity index (χ3n) is 4.27. The minimum atomic E-state index is -2.87. The first-order valence-electron chi connectivity index (χ1n) is 8.43. The van der Waals surface area contributed by atoms with E-state index in [9.17, 15) is 13.6 Å². The molecule has 1 aromatic rings. The molecule has 4 heteroatoms. The van der Waals surface area contributed by atoms with Crippen LogP contribution in [0.5, 0.6) is 0 Å². The van der Waals surface area contributed by atoms with Gasteiger partial charge in [0, 0.05) is 12.5 Å². The maximum Gasteiger partial charge on any atom is 0.270 e. The lowest BCUT2D eigenvalue weighted by atomic mass is 9.74. The second-order valence-corrected chi connectivity index (χ2v) is 6.38. The highest BCUT2D eigenvalue weighted by Gasteiger charge is 2.36. The van der Waals surface area contributed by atoms with E-state index in [1.54, 1.807) is 12.1 Å². The Morgan fingerprint density at radius 2 is 1.54 bits per heavy atom. The molecule has 136 valence electrons. The minimum Gasteiger partial charge on any atom is -0.369 e. The summed E-state index contributed by atoms with van der Waals surface area (Å²) in [6, 6.07) is 5.93. The van der Waals surface area contributed by atoms with Crippen molar-refractivity contribution in [3.05, 3.63) is 47.0 Å². The van der Waals surface area contributed by atoms with Crippen molar-refractivity contribution in [2.75, 3.05) is 0 Å². The average Bonchev–Trinajstić information content (AvgIpc) is 2.52. The summed E-state index contributed by atoms with van der Waals surface area (Å²) in [5, 5.41) is 0. The van der Waals surface area contributed by atoms with Gasteiger partial charge in [0.05, 0.1) is 5.41 Å². The molecule has 0 fully saturated rings. The number of hydrogen-bond donors (Lipinski definition) is 1. The fourth-order valence-corrected chi connectivity index (χ4v) is 2.47. The van der Waals surface area contributed by atoms with Gasteiger partial charge < -0.3 is 5.73 Å². The average molecular weight is 339 g/mol. The highest BCUT2D eigenvalue weighted by Crippen LogP contribution is 2.35. The molecule has 1 aromatic carbocycles. The molecule has 0 aliphatic heterocycles. The number of halogens is 2. The molecule has 1 unspecified atom stereocenters. The van der Waals surface area contributed by atoms with Crippen LogP contribution in [0.3, 0.4) is 0 Å². The lowest BCUT2D eigenvalue weighted by Crippen LogP contribution is -2.40. The number of nitrogens with two attached hydrogens (primary N) is 1. The van der Waals surface area contributed by atoms with E-state index in [1.807, 2.05) is 20.8 Å². The van der Waals surface area contributed by atoms with Crippen LogP contribution >= 0.6 is 0 Å². The van der Waals surface area contributed by atoms with E-state index >= 15 is 0 Å². The van der Waals surface area contributed by atoms with Crippen LogP contribution in [0.4, 0.5) is 8.78 Å². The first-order valence-corrected chi connectivity index (χ1v) is 8.43. The van der Waals surface area contributed by atoms with E-state index in [0.29, 0.717) is 12.8 Å². The largest absolute Gasteiger partial charge is 0.369 e. The van der Waals surface area contributed by atoms with Crippen LogP contribution in [-0.2, 0) is 16.1 Å². The Morgan fingerprint density at radius 1 is 1.12 bits per heavy atom. The molecule has 0 spiro atoms. The summed E-state index contributed by atoms with van der Waals surface area (Å²) in [7, 11) is 0. The van der Waals surface area contributed by atoms with E-state index in [0.717, 1.165) is 18.9 Å². The van der Waals surface area contributed by atoms with Crippen LogP contribution < -0.4 is 5.73 Å². The Bertz CT molecular complexity index is 540. The van der Waals surface area contributed by atoms with Crippen molar-refractivity contribution >= 4 is 5.91 Å². The number of benzene rings is 1. The van der Waals surface area contributed by atoms with E-state index in [4.69, 9.17) is 5.73 Å². The summed E-state index contributed by atoms with van der Waals surface area (Å²) in [6.45, 7) is 10.9.